The zero-order chi connectivity index (χ0) is 24.0. The highest BCUT2D eigenvalue weighted by atomic mass is 79.9. The Labute approximate surface area is 202 Å². The highest BCUT2D eigenvalue weighted by Gasteiger charge is 2.65. The molecule has 4 fully saturated rings. The molecule has 0 aromatic carbocycles. The molecule has 2 N–H and O–H groups in total. The van der Waals surface area contributed by atoms with Crippen molar-refractivity contribution in [1.29, 1.82) is 0 Å². The van der Waals surface area contributed by atoms with E-state index >= 15 is 0 Å². The van der Waals surface area contributed by atoms with E-state index in [1.54, 1.807) is 13.2 Å². The number of nitrogens with one attached hydrogen (secondary N) is 2. The Hall–Kier alpha value is -2.03. The highest BCUT2D eigenvalue weighted by molar-refractivity contribution is 9.10. The van der Waals surface area contributed by atoms with Crippen molar-refractivity contribution in [2.45, 2.75) is 95.4 Å². The first-order valence-electron chi connectivity index (χ1n) is 11.7. The maximum absolute atomic E-state index is 13.1. The van der Waals surface area contributed by atoms with Crippen molar-refractivity contribution in [2.75, 3.05) is 0 Å². The number of alkyl carbamates (subject to hydrolysis) is 1. The van der Waals surface area contributed by atoms with Gasteiger partial charge in [-0.25, -0.2) is 4.79 Å². The summed E-state index contributed by atoms with van der Waals surface area (Å²) in [6, 6.07) is 1.64. The summed E-state index contributed by atoms with van der Waals surface area (Å²) in [6.07, 6.45) is 7.64. The molecule has 1 aromatic heterocycles. The normalized spacial score (nSPS) is 30.8. The quantitative estimate of drug-likeness (QED) is 0.611. The lowest BCUT2D eigenvalue weighted by Gasteiger charge is -2.47. The third-order valence-corrected chi connectivity index (χ3v) is 7.73. The van der Waals surface area contributed by atoms with Gasteiger partial charge in [0.15, 0.2) is 0 Å². The van der Waals surface area contributed by atoms with E-state index < -0.39 is 11.7 Å². The minimum Gasteiger partial charge on any atom is -0.489 e. The summed E-state index contributed by atoms with van der Waals surface area (Å²) >= 11 is 3.46. The van der Waals surface area contributed by atoms with Crippen LogP contribution in [-0.2, 0) is 16.6 Å². The number of carbonyl (C=O) groups excluding carboxylic acids is 2. The maximum Gasteiger partial charge on any atom is 0.408 e. The van der Waals surface area contributed by atoms with Gasteiger partial charge < -0.3 is 24.7 Å². The smallest absolute Gasteiger partial charge is 0.408 e. The number of halogens is 1. The molecule has 0 unspecified atom stereocenters. The van der Waals surface area contributed by atoms with E-state index in [0.29, 0.717) is 18.6 Å². The van der Waals surface area contributed by atoms with Crippen LogP contribution in [0.3, 0.4) is 0 Å². The molecule has 2 amide bonds. The summed E-state index contributed by atoms with van der Waals surface area (Å²) in [4.78, 5) is 37.2. The fourth-order valence-corrected chi connectivity index (χ4v) is 6.05. The summed E-state index contributed by atoms with van der Waals surface area (Å²) in [6.45, 7) is 5.53. The average molecular weight is 524 g/mol. The number of pyridine rings is 1. The van der Waals surface area contributed by atoms with Gasteiger partial charge >= 0.3 is 6.09 Å². The predicted octanol–water partition coefficient (Wildman–Crippen LogP) is 3.79. The summed E-state index contributed by atoms with van der Waals surface area (Å²) < 4.78 is 13.7. The van der Waals surface area contributed by atoms with Gasteiger partial charge in [0.05, 0.1) is 16.0 Å². The van der Waals surface area contributed by atoms with Gasteiger partial charge in [-0.2, -0.15) is 0 Å². The summed E-state index contributed by atoms with van der Waals surface area (Å²) in [7, 11) is 1.70. The van der Waals surface area contributed by atoms with Gasteiger partial charge in [-0.1, -0.05) is 0 Å². The van der Waals surface area contributed by atoms with Crippen LogP contribution in [0.1, 0.15) is 72.1 Å². The van der Waals surface area contributed by atoms with Gasteiger partial charge in [0.1, 0.15) is 11.4 Å². The van der Waals surface area contributed by atoms with Crippen LogP contribution < -0.4 is 20.9 Å². The zero-order valence-electron chi connectivity index (χ0n) is 19.8. The Kier molecular flexibility index (Phi) is 6.31. The van der Waals surface area contributed by atoms with E-state index in [2.05, 4.69) is 26.6 Å². The van der Waals surface area contributed by atoms with Crippen molar-refractivity contribution >= 4 is 27.9 Å². The number of hydrogen-bond donors (Lipinski definition) is 2. The SMILES string of the molecule is Cn1cc(Br)c(OC2CCC(NC(=O)C34CCC(NC(=O)OC(C)(C)C)(C3)C4)CC2)cc1=O. The molecule has 0 saturated heterocycles. The average Bonchev–Trinajstić information content (AvgIpc) is 3.22. The molecule has 4 saturated carbocycles. The third kappa shape index (κ3) is 5.23. The van der Waals surface area contributed by atoms with Gasteiger partial charge in [-0.05, 0) is 88.1 Å². The first-order chi connectivity index (χ1) is 15.4. The van der Waals surface area contributed by atoms with E-state index in [-0.39, 0.29) is 34.6 Å². The van der Waals surface area contributed by atoms with Crippen LogP contribution in [0.5, 0.6) is 5.75 Å². The van der Waals surface area contributed by atoms with E-state index in [4.69, 9.17) is 9.47 Å². The number of fused-ring (bicyclic) bond motifs is 1. The van der Waals surface area contributed by atoms with Gasteiger partial charge in [-0.15, -0.1) is 0 Å². The minimum absolute atomic E-state index is 0.0283. The van der Waals surface area contributed by atoms with Gasteiger partial charge in [0.2, 0.25) is 5.91 Å². The van der Waals surface area contributed by atoms with E-state index in [1.165, 1.54) is 10.6 Å². The van der Waals surface area contributed by atoms with Crippen LogP contribution >= 0.6 is 15.9 Å². The molecule has 0 spiro atoms. The molecule has 4 aliphatic carbocycles. The predicted molar refractivity (Wildman–Crippen MR) is 127 cm³/mol. The molecule has 1 heterocycles. The van der Waals surface area contributed by atoms with Crippen molar-refractivity contribution in [3.8, 4) is 5.75 Å². The molecule has 182 valence electrons. The Balaban J connectivity index is 1.24. The standard InChI is InChI=1S/C24H34BrN3O5/c1-22(2,3)33-21(31)27-24-10-9-23(13-24,14-24)20(30)26-15-5-7-16(8-6-15)32-18-11-19(29)28(4)12-17(18)25/h11-12,15-16H,5-10,13-14H2,1-4H3,(H,26,30)(H,27,31). The highest BCUT2D eigenvalue weighted by Crippen LogP contribution is 2.61. The molecule has 33 heavy (non-hydrogen) atoms. The van der Waals surface area contributed by atoms with Crippen LogP contribution in [-0.4, -0.2) is 39.9 Å². The number of aromatic nitrogens is 1. The molecule has 2 bridgehead atoms. The lowest BCUT2D eigenvalue weighted by molar-refractivity contribution is -0.137. The second-order valence-electron chi connectivity index (χ2n) is 11.0. The second-order valence-corrected chi connectivity index (χ2v) is 11.9. The number of nitrogens with zero attached hydrogens (tertiary/aromatic N) is 1. The largest absolute Gasteiger partial charge is 0.489 e. The van der Waals surface area contributed by atoms with Gasteiger partial charge in [0, 0.05) is 30.9 Å². The molecular weight excluding hydrogens is 490 g/mol. The van der Waals surface area contributed by atoms with E-state index in [1.807, 2.05) is 20.8 Å². The minimum atomic E-state index is -0.536. The number of ether oxygens (including phenoxy) is 2. The van der Waals surface area contributed by atoms with E-state index in [9.17, 15) is 14.4 Å². The molecule has 0 radical (unpaired) electrons. The monoisotopic (exact) mass is 523 g/mol. The van der Waals surface area contributed by atoms with E-state index in [0.717, 1.165) is 43.0 Å². The Morgan fingerprint density at radius 2 is 1.82 bits per heavy atom. The molecule has 0 aliphatic heterocycles. The summed E-state index contributed by atoms with van der Waals surface area (Å²) in [5, 5.41) is 6.28. The summed E-state index contributed by atoms with van der Waals surface area (Å²) in [5.74, 6) is 0.680. The fraction of sp³-hybridized carbons (Fsp3) is 0.708. The van der Waals surface area contributed by atoms with Crippen LogP contribution in [0, 0.1) is 5.41 Å². The van der Waals surface area contributed by atoms with Crippen LogP contribution in [0.25, 0.3) is 0 Å². The number of carbonyl (C=O) groups is 2. The van der Waals surface area contributed by atoms with Crippen LogP contribution in [0.4, 0.5) is 4.79 Å². The molecule has 4 aliphatic rings. The molecular formula is C24H34BrN3O5. The molecule has 5 rings (SSSR count). The topological polar surface area (TPSA) is 98.7 Å². The number of hydrogen-bond acceptors (Lipinski definition) is 5. The van der Waals surface area contributed by atoms with Crippen LogP contribution in [0.15, 0.2) is 21.5 Å². The van der Waals surface area contributed by atoms with Crippen molar-refractivity contribution in [2.24, 2.45) is 12.5 Å². The Morgan fingerprint density at radius 3 is 2.45 bits per heavy atom. The van der Waals surface area contributed by atoms with Crippen molar-refractivity contribution in [1.82, 2.24) is 15.2 Å². The lowest BCUT2D eigenvalue weighted by Crippen LogP contribution is -2.61. The van der Waals surface area contributed by atoms with Gasteiger partial charge in [0.25, 0.3) is 5.56 Å². The van der Waals surface area contributed by atoms with Crippen molar-refractivity contribution in [3.63, 3.8) is 0 Å². The number of amides is 2. The molecule has 1 aromatic rings. The Bertz CT molecular complexity index is 985. The molecule has 8 nitrogen and oxygen atoms in total. The first-order valence-corrected chi connectivity index (χ1v) is 12.5. The van der Waals surface area contributed by atoms with Crippen molar-refractivity contribution < 1.29 is 19.1 Å². The lowest BCUT2D eigenvalue weighted by atomic mass is 9.64. The van der Waals surface area contributed by atoms with Gasteiger partial charge in [-0.3, -0.25) is 9.59 Å². The zero-order valence-corrected chi connectivity index (χ0v) is 21.4. The summed E-state index contributed by atoms with van der Waals surface area (Å²) in [5.41, 5.74) is -1.31. The maximum atomic E-state index is 13.1. The van der Waals surface area contributed by atoms with Crippen molar-refractivity contribution in [3.05, 3.63) is 27.1 Å². The Morgan fingerprint density at radius 1 is 1.15 bits per heavy atom. The fourth-order valence-electron chi connectivity index (χ4n) is 5.53. The number of rotatable bonds is 5. The third-order valence-electron chi connectivity index (χ3n) is 7.13. The molecule has 0 atom stereocenters. The number of aryl methyl sites for hydroxylation is 1. The second kappa shape index (κ2) is 8.64. The molecule has 9 heteroatoms. The first kappa shape index (κ1) is 24.1. The van der Waals surface area contributed by atoms with Crippen LogP contribution in [0.2, 0.25) is 0 Å².